The van der Waals surface area contributed by atoms with Crippen LogP contribution in [0.2, 0.25) is 0 Å². The van der Waals surface area contributed by atoms with Crippen LogP contribution < -0.4 is 14.8 Å². The monoisotopic (exact) mass is 263 g/mol. The number of hydrogen-bond donors (Lipinski definition) is 1. The van der Waals surface area contributed by atoms with E-state index in [0.29, 0.717) is 12.0 Å². The average molecular weight is 263 g/mol. The standard InChI is InChI=1S/C16H25NO2/c1-11(2)14-10-15(18-3)12(9-16(14)19-4)8-13-6-5-7-17-13/h9-11,13,17H,5-8H2,1-4H3. The van der Waals surface area contributed by atoms with Gasteiger partial charge in [-0.25, -0.2) is 0 Å². The van der Waals surface area contributed by atoms with E-state index in [1.54, 1.807) is 14.2 Å². The summed E-state index contributed by atoms with van der Waals surface area (Å²) in [7, 11) is 3.49. The smallest absolute Gasteiger partial charge is 0.122 e. The zero-order valence-corrected chi connectivity index (χ0v) is 12.5. The molecule has 1 heterocycles. The molecule has 0 aromatic heterocycles. The second-order valence-corrected chi connectivity index (χ2v) is 5.56. The Morgan fingerprint density at radius 1 is 1.21 bits per heavy atom. The van der Waals surface area contributed by atoms with Crippen molar-refractivity contribution in [1.82, 2.24) is 5.32 Å². The summed E-state index contributed by atoms with van der Waals surface area (Å²) in [5, 5.41) is 3.53. The highest BCUT2D eigenvalue weighted by Gasteiger charge is 2.19. The number of nitrogens with one attached hydrogen (secondary N) is 1. The first-order valence-electron chi connectivity index (χ1n) is 7.14. The summed E-state index contributed by atoms with van der Waals surface area (Å²) in [6.07, 6.45) is 3.53. The van der Waals surface area contributed by atoms with Gasteiger partial charge in [-0.15, -0.1) is 0 Å². The number of ether oxygens (including phenoxy) is 2. The van der Waals surface area contributed by atoms with Gasteiger partial charge in [0.2, 0.25) is 0 Å². The van der Waals surface area contributed by atoms with Gasteiger partial charge in [-0.3, -0.25) is 0 Å². The van der Waals surface area contributed by atoms with Crippen molar-refractivity contribution in [2.45, 2.75) is 45.1 Å². The van der Waals surface area contributed by atoms with Crippen LogP contribution in [-0.2, 0) is 6.42 Å². The quantitative estimate of drug-likeness (QED) is 0.885. The molecule has 0 amide bonds. The Hall–Kier alpha value is -1.22. The highest BCUT2D eigenvalue weighted by atomic mass is 16.5. The van der Waals surface area contributed by atoms with Crippen molar-refractivity contribution in [2.75, 3.05) is 20.8 Å². The maximum atomic E-state index is 5.56. The zero-order chi connectivity index (χ0) is 13.8. The average Bonchev–Trinajstić information content (AvgIpc) is 2.90. The predicted octanol–water partition coefficient (Wildman–Crippen LogP) is 3.12. The molecule has 3 nitrogen and oxygen atoms in total. The maximum Gasteiger partial charge on any atom is 0.122 e. The third kappa shape index (κ3) is 3.21. The van der Waals surface area contributed by atoms with Crippen LogP contribution in [0.5, 0.6) is 11.5 Å². The molecule has 1 aliphatic rings. The molecule has 1 fully saturated rings. The zero-order valence-electron chi connectivity index (χ0n) is 12.5. The molecule has 1 aliphatic heterocycles. The molecule has 0 aliphatic carbocycles. The van der Waals surface area contributed by atoms with Crippen LogP contribution >= 0.6 is 0 Å². The van der Waals surface area contributed by atoms with Crippen molar-refractivity contribution in [1.29, 1.82) is 0 Å². The molecule has 1 unspecified atom stereocenters. The van der Waals surface area contributed by atoms with Gasteiger partial charge in [0.05, 0.1) is 14.2 Å². The van der Waals surface area contributed by atoms with Crippen LogP contribution in [0.1, 0.15) is 43.7 Å². The first-order chi connectivity index (χ1) is 9.15. The molecule has 2 rings (SSSR count). The van der Waals surface area contributed by atoms with Crippen LogP contribution in [0, 0.1) is 0 Å². The van der Waals surface area contributed by atoms with E-state index in [4.69, 9.17) is 9.47 Å². The van der Waals surface area contributed by atoms with E-state index in [2.05, 4.69) is 31.3 Å². The summed E-state index contributed by atoms with van der Waals surface area (Å²) in [6.45, 7) is 5.49. The van der Waals surface area contributed by atoms with Gasteiger partial charge in [-0.2, -0.15) is 0 Å². The topological polar surface area (TPSA) is 30.5 Å². The summed E-state index contributed by atoms with van der Waals surface area (Å²) in [5.74, 6) is 2.39. The van der Waals surface area contributed by atoms with Gasteiger partial charge in [-0.05, 0) is 49.4 Å². The minimum absolute atomic E-state index is 0.433. The largest absolute Gasteiger partial charge is 0.496 e. The molecule has 1 aromatic rings. The highest BCUT2D eigenvalue weighted by molar-refractivity contribution is 5.48. The Labute approximate surface area is 116 Å². The fourth-order valence-corrected chi connectivity index (χ4v) is 2.79. The summed E-state index contributed by atoms with van der Waals surface area (Å²) in [5.41, 5.74) is 2.45. The Balaban J connectivity index is 2.30. The number of methoxy groups -OCH3 is 2. The number of benzene rings is 1. The van der Waals surface area contributed by atoms with E-state index in [1.807, 2.05) is 0 Å². The predicted molar refractivity (Wildman–Crippen MR) is 78.4 cm³/mol. The van der Waals surface area contributed by atoms with Crippen molar-refractivity contribution in [2.24, 2.45) is 0 Å². The third-order valence-corrected chi connectivity index (χ3v) is 3.88. The SMILES string of the molecule is COc1cc(C(C)C)c(OC)cc1CC1CCCN1. The van der Waals surface area contributed by atoms with Crippen molar-refractivity contribution in [3.8, 4) is 11.5 Å². The van der Waals surface area contributed by atoms with Gasteiger partial charge in [0, 0.05) is 11.6 Å². The molecule has 0 bridgehead atoms. The fourth-order valence-electron chi connectivity index (χ4n) is 2.79. The first kappa shape index (κ1) is 14.2. The van der Waals surface area contributed by atoms with E-state index in [0.717, 1.165) is 24.5 Å². The highest BCUT2D eigenvalue weighted by Crippen LogP contribution is 2.34. The molecule has 1 saturated heterocycles. The normalized spacial score (nSPS) is 18.9. The lowest BCUT2D eigenvalue weighted by Gasteiger charge is -2.19. The van der Waals surface area contributed by atoms with Crippen LogP contribution in [0.3, 0.4) is 0 Å². The number of rotatable bonds is 5. The Morgan fingerprint density at radius 2 is 1.95 bits per heavy atom. The Morgan fingerprint density at radius 3 is 2.47 bits per heavy atom. The van der Waals surface area contributed by atoms with Gasteiger partial charge in [0.15, 0.2) is 0 Å². The van der Waals surface area contributed by atoms with Gasteiger partial charge in [0.1, 0.15) is 11.5 Å². The van der Waals surface area contributed by atoms with Crippen molar-refractivity contribution in [3.05, 3.63) is 23.3 Å². The lowest BCUT2D eigenvalue weighted by Crippen LogP contribution is -2.23. The molecular weight excluding hydrogens is 238 g/mol. The molecule has 1 N–H and O–H groups in total. The van der Waals surface area contributed by atoms with E-state index in [-0.39, 0.29) is 0 Å². The van der Waals surface area contributed by atoms with Crippen molar-refractivity contribution >= 4 is 0 Å². The van der Waals surface area contributed by atoms with Crippen LogP contribution in [0.25, 0.3) is 0 Å². The summed E-state index contributed by atoms with van der Waals surface area (Å²) >= 11 is 0. The van der Waals surface area contributed by atoms with Gasteiger partial charge in [-0.1, -0.05) is 13.8 Å². The molecule has 0 spiro atoms. The summed E-state index contributed by atoms with van der Waals surface area (Å²) in [4.78, 5) is 0. The molecule has 106 valence electrons. The molecule has 19 heavy (non-hydrogen) atoms. The second-order valence-electron chi connectivity index (χ2n) is 5.56. The van der Waals surface area contributed by atoms with Crippen molar-refractivity contribution in [3.63, 3.8) is 0 Å². The molecule has 0 saturated carbocycles. The van der Waals surface area contributed by atoms with Crippen LogP contribution in [0.4, 0.5) is 0 Å². The molecule has 1 atom stereocenters. The first-order valence-corrected chi connectivity index (χ1v) is 7.14. The molecular formula is C16H25NO2. The number of hydrogen-bond acceptors (Lipinski definition) is 3. The minimum Gasteiger partial charge on any atom is -0.496 e. The lowest BCUT2D eigenvalue weighted by molar-refractivity contribution is 0.391. The Kier molecular flexibility index (Phi) is 4.70. The second kappa shape index (κ2) is 6.29. The minimum atomic E-state index is 0.433. The fraction of sp³-hybridized carbons (Fsp3) is 0.625. The lowest BCUT2D eigenvalue weighted by atomic mass is 9.96. The van der Waals surface area contributed by atoms with Crippen LogP contribution in [0.15, 0.2) is 12.1 Å². The van der Waals surface area contributed by atoms with Gasteiger partial charge in [0.25, 0.3) is 0 Å². The van der Waals surface area contributed by atoms with Crippen molar-refractivity contribution < 1.29 is 9.47 Å². The van der Waals surface area contributed by atoms with E-state index in [9.17, 15) is 0 Å². The summed E-state index contributed by atoms with van der Waals surface area (Å²) < 4.78 is 11.1. The van der Waals surface area contributed by atoms with Gasteiger partial charge < -0.3 is 14.8 Å². The maximum absolute atomic E-state index is 5.56. The van der Waals surface area contributed by atoms with E-state index >= 15 is 0 Å². The molecule has 1 aromatic carbocycles. The third-order valence-electron chi connectivity index (χ3n) is 3.88. The van der Waals surface area contributed by atoms with E-state index < -0.39 is 0 Å². The molecule has 0 radical (unpaired) electrons. The molecule has 3 heteroatoms. The van der Waals surface area contributed by atoms with Gasteiger partial charge >= 0.3 is 0 Å². The summed E-state index contributed by atoms with van der Waals surface area (Å²) in [6, 6.07) is 4.85. The van der Waals surface area contributed by atoms with Crippen LogP contribution in [-0.4, -0.2) is 26.8 Å². The Bertz CT molecular complexity index is 423. The van der Waals surface area contributed by atoms with E-state index in [1.165, 1.54) is 24.0 Å².